The summed E-state index contributed by atoms with van der Waals surface area (Å²) in [5.41, 5.74) is 4.61. The zero-order valence-electron chi connectivity index (χ0n) is 21.2. The molecule has 190 valence electrons. The first-order valence-corrected chi connectivity index (χ1v) is 12.9. The number of nitrogens with one attached hydrogen (secondary N) is 1. The number of aromatic amines is 1. The number of piperidine rings is 1. The molecule has 2 aliphatic heterocycles. The van der Waals surface area contributed by atoms with E-state index in [0.29, 0.717) is 40.7 Å². The average molecular weight is 491 g/mol. The van der Waals surface area contributed by atoms with E-state index in [4.69, 9.17) is 18.9 Å². The number of benzene rings is 2. The first kappa shape index (κ1) is 23.2. The Morgan fingerprint density at radius 1 is 0.972 bits per heavy atom. The van der Waals surface area contributed by atoms with Crippen LogP contribution in [0.3, 0.4) is 0 Å². The number of nitrogens with zero attached hydrogens (tertiary/aromatic N) is 1. The molecule has 2 aromatic carbocycles. The third-order valence-corrected chi connectivity index (χ3v) is 8.53. The van der Waals surface area contributed by atoms with Crippen LogP contribution in [-0.2, 0) is 11.2 Å². The van der Waals surface area contributed by atoms with Gasteiger partial charge < -0.3 is 23.9 Å². The molecule has 3 heterocycles. The number of hydrogen-bond acceptors (Lipinski definition) is 6. The van der Waals surface area contributed by atoms with Crippen molar-refractivity contribution in [3.8, 4) is 17.2 Å². The fraction of sp³-hybridized carbons (Fsp3) is 0.483. The summed E-state index contributed by atoms with van der Waals surface area (Å²) in [6, 6.07) is 12.5. The van der Waals surface area contributed by atoms with Crippen LogP contribution in [0.25, 0.3) is 10.9 Å². The van der Waals surface area contributed by atoms with E-state index in [9.17, 15) is 4.79 Å². The van der Waals surface area contributed by atoms with Crippen molar-refractivity contribution in [3.05, 3.63) is 53.2 Å². The summed E-state index contributed by atoms with van der Waals surface area (Å²) in [6.45, 7) is 2.17. The van der Waals surface area contributed by atoms with Crippen molar-refractivity contribution in [3.63, 3.8) is 0 Å². The molecule has 2 fully saturated rings. The van der Waals surface area contributed by atoms with Crippen LogP contribution in [0.15, 0.2) is 36.4 Å². The molecule has 0 amide bonds. The number of H-pyrrole nitrogens is 1. The summed E-state index contributed by atoms with van der Waals surface area (Å²) < 4.78 is 22.2. The van der Waals surface area contributed by atoms with Crippen LogP contribution in [-0.4, -0.2) is 56.4 Å². The first-order valence-electron chi connectivity index (χ1n) is 12.9. The van der Waals surface area contributed by atoms with E-state index in [1.54, 1.807) is 33.5 Å². The molecule has 3 aliphatic rings. The summed E-state index contributed by atoms with van der Waals surface area (Å²) in [5.74, 6) is 2.25. The topological polar surface area (TPSA) is 73.0 Å². The number of methoxy groups -OCH3 is 3. The molecule has 2 unspecified atom stereocenters. The quantitative estimate of drug-likeness (QED) is 0.500. The normalized spacial score (nSPS) is 25.4. The Labute approximate surface area is 211 Å². The third-order valence-electron chi connectivity index (χ3n) is 8.53. The summed E-state index contributed by atoms with van der Waals surface area (Å²) in [7, 11) is 4.64. The lowest BCUT2D eigenvalue weighted by Crippen LogP contribution is -2.48. The van der Waals surface area contributed by atoms with Gasteiger partial charge in [0.1, 0.15) is 6.10 Å². The van der Waals surface area contributed by atoms with Gasteiger partial charge in [-0.25, -0.2) is 4.79 Å². The second kappa shape index (κ2) is 9.36. The van der Waals surface area contributed by atoms with Gasteiger partial charge in [0.05, 0.1) is 32.9 Å². The van der Waals surface area contributed by atoms with Crippen LogP contribution in [0.2, 0.25) is 0 Å². The molecule has 0 spiro atoms. The zero-order valence-corrected chi connectivity index (χ0v) is 21.2. The lowest BCUT2D eigenvalue weighted by molar-refractivity contribution is -0.0280. The second-order valence-electron chi connectivity index (χ2n) is 10.3. The molecular weight excluding hydrogens is 456 g/mol. The Hall–Kier alpha value is -3.19. The van der Waals surface area contributed by atoms with Gasteiger partial charge in [-0.05, 0) is 67.7 Å². The molecule has 1 saturated carbocycles. The number of ether oxygens (including phenoxy) is 4. The van der Waals surface area contributed by atoms with E-state index >= 15 is 0 Å². The summed E-state index contributed by atoms with van der Waals surface area (Å²) in [4.78, 5) is 19.5. The lowest BCUT2D eigenvalue weighted by Gasteiger charge is -2.49. The Balaban J connectivity index is 1.15. The molecule has 36 heavy (non-hydrogen) atoms. The predicted molar refractivity (Wildman–Crippen MR) is 137 cm³/mol. The molecule has 1 N–H and O–H groups in total. The monoisotopic (exact) mass is 490 g/mol. The Bertz CT molecular complexity index is 1260. The van der Waals surface area contributed by atoms with Gasteiger partial charge in [0, 0.05) is 29.7 Å². The van der Waals surface area contributed by atoms with Crippen molar-refractivity contribution in [1.29, 1.82) is 0 Å². The van der Waals surface area contributed by atoms with E-state index in [-0.39, 0.29) is 12.1 Å². The van der Waals surface area contributed by atoms with Gasteiger partial charge in [0.15, 0.2) is 11.5 Å². The number of para-hydroxylation sites is 1. The van der Waals surface area contributed by atoms with Gasteiger partial charge in [0.2, 0.25) is 5.75 Å². The molecule has 6 rings (SSSR count). The molecule has 1 saturated heterocycles. The van der Waals surface area contributed by atoms with Crippen molar-refractivity contribution in [2.24, 2.45) is 11.8 Å². The maximum Gasteiger partial charge on any atom is 0.338 e. The Morgan fingerprint density at radius 3 is 2.50 bits per heavy atom. The minimum atomic E-state index is -0.341. The minimum absolute atomic E-state index is 0.0668. The van der Waals surface area contributed by atoms with Crippen LogP contribution in [0.5, 0.6) is 17.2 Å². The maximum atomic E-state index is 13.1. The Morgan fingerprint density at radius 2 is 1.75 bits per heavy atom. The molecule has 1 aromatic heterocycles. The third kappa shape index (κ3) is 3.90. The molecule has 7 heteroatoms. The highest BCUT2D eigenvalue weighted by Crippen LogP contribution is 2.47. The molecule has 4 atom stereocenters. The van der Waals surface area contributed by atoms with Crippen molar-refractivity contribution in [2.45, 2.75) is 44.2 Å². The van der Waals surface area contributed by atoms with Crippen molar-refractivity contribution < 1.29 is 23.7 Å². The molecule has 1 aliphatic carbocycles. The average Bonchev–Trinajstić information content (AvgIpc) is 3.30. The second-order valence-corrected chi connectivity index (χ2v) is 10.3. The van der Waals surface area contributed by atoms with Gasteiger partial charge in [-0.2, -0.15) is 0 Å². The van der Waals surface area contributed by atoms with Crippen LogP contribution in [0.4, 0.5) is 0 Å². The van der Waals surface area contributed by atoms with Gasteiger partial charge >= 0.3 is 5.97 Å². The van der Waals surface area contributed by atoms with Crippen LogP contribution in [0.1, 0.15) is 53.3 Å². The number of fused-ring (bicyclic) bond motifs is 6. The Kier molecular flexibility index (Phi) is 6.04. The number of carbonyl (C=O) groups excluding carboxylic acids is 1. The van der Waals surface area contributed by atoms with Crippen LogP contribution in [0, 0.1) is 11.8 Å². The zero-order chi connectivity index (χ0) is 24.8. The van der Waals surface area contributed by atoms with Gasteiger partial charge in [-0.1, -0.05) is 18.2 Å². The number of rotatable bonds is 5. The van der Waals surface area contributed by atoms with Crippen molar-refractivity contribution in [2.75, 3.05) is 34.4 Å². The standard InChI is InChI=1S/C29H34N2O5/c1-33-25-14-18(15-26(34-2)28(25)35-3)29(32)36-20-9-8-17-13-24-27-22(10-11-31(24)16-19(17)12-20)21-6-4-5-7-23(21)30-27/h4-7,14-15,17,19-20,24,30H,8-13,16H2,1-3H3/t17-,19+,20?,24?/m0/s1. The highest BCUT2D eigenvalue weighted by Gasteiger charge is 2.43. The molecule has 0 radical (unpaired) electrons. The number of aromatic nitrogens is 1. The van der Waals surface area contributed by atoms with Gasteiger partial charge in [0.25, 0.3) is 0 Å². The van der Waals surface area contributed by atoms with Gasteiger partial charge in [-0.15, -0.1) is 0 Å². The highest BCUT2D eigenvalue weighted by atomic mass is 16.5. The van der Waals surface area contributed by atoms with Crippen molar-refractivity contribution >= 4 is 16.9 Å². The molecule has 7 nitrogen and oxygen atoms in total. The lowest BCUT2D eigenvalue weighted by atomic mass is 9.70. The first-order chi connectivity index (χ1) is 17.6. The number of carbonyl (C=O) groups is 1. The number of esters is 1. The smallest absolute Gasteiger partial charge is 0.338 e. The van der Waals surface area contributed by atoms with Crippen LogP contribution >= 0.6 is 0 Å². The van der Waals surface area contributed by atoms with E-state index in [0.717, 1.165) is 38.8 Å². The molecular formula is C29H34N2O5. The number of hydrogen-bond donors (Lipinski definition) is 1. The largest absolute Gasteiger partial charge is 0.493 e. The molecule has 3 aromatic rings. The van der Waals surface area contributed by atoms with E-state index in [1.807, 2.05) is 0 Å². The predicted octanol–water partition coefficient (Wildman–Crippen LogP) is 5.14. The van der Waals surface area contributed by atoms with E-state index in [1.165, 1.54) is 28.6 Å². The van der Waals surface area contributed by atoms with Gasteiger partial charge in [-0.3, -0.25) is 4.90 Å². The summed E-state index contributed by atoms with van der Waals surface area (Å²) in [5, 5.41) is 1.39. The highest BCUT2D eigenvalue weighted by molar-refractivity contribution is 5.91. The summed E-state index contributed by atoms with van der Waals surface area (Å²) >= 11 is 0. The van der Waals surface area contributed by atoms with E-state index < -0.39 is 0 Å². The van der Waals surface area contributed by atoms with E-state index in [2.05, 4.69) is 34.1 Å². The van der Waals surface area contributed by atoms with Crippen LogP contribution < -0.4 is 14.2 Å². The maximum absolute atomic E-state index is 13.1. The minimum Gasteiger partial charge on any atom is -0.493 e. The van der Waals surface area contributed by atoms with Crippen molar-refractivity contribution in [1.82, 2.24) is 9.88 Å². The fourth-order valence-electron chi connectivity index (χ4n) is 6.78. The fourth-order valence-corrected chi connectivity index (χ4v) is 6.78. The SMILES string of the molecule is COc1cc(C(=O)OC2CC[C@H]3CC4c5[nH]c6ccccc6c5CCN4C[C@H]3C2)cc(OC)c1OC. The molecule has 0 bridgehead atoms. The summed E-state index contributed by atoms with van der Waals surface area (Å²) in [6.07, 6.45) is 5.12.